The largest absolute Gasteiger partial charge is 0.484 e. The molecule has 30 heavy (non-hydrogen) atoms. The zero-order valence-corrected chi connectivity index (χ0v) is 16.3. The van der Waals surface area contributed by atoms with Crippen LogP contribution in [0.5, 0.6) is 5.75 Å². The van der Waals surface area contributed by atoms with Crippen LogP contribution in [0.1, 0.15) is 11.1 Å². The number of hydrogen-bond acceptors (Lipinski definition) is 5. The van der Waals surface area contributed by atoms with Crippen LogP contribution in [0.25, 0.3) is 16.7 Å². The molecule has 0 unspecified atom stereocenters. The maximum atomic E-state index is 12.9. The standard InChI is InChI=1S/C21H18FN5O3/c1-13-3-6-16(9-14(13)2)27-20-18(10-24-27)21(29)26(12-23-20)25-19(28)11-30-17-7-4-15(22)5-8-17/h3-10,12H,11H2,1-2H3,(H,25,28). The molecular weight excluding hydrogens is 389 g/mol. The van der Waals surface area contributed by atoms with Crippen molar-refractivity contribution in [1.82, 2.24) is 19.4 Å². The van der Waals surface area contributed by atoms with Crippen LogP contribution in [-0.4, -0.2) is 32.0 Å². The normalized spacial score (nSPS) is 10.9. The van der Waals surface area contributed by atoms with E-state index < -0.39 is 17.3 Å². The molecule has 0 fully saturated rings. The summed E-state index contributed by atoms with van der Waals surface area (Å²) < 4.78 is 20.7. The van der Waals surface area contributed by atoms with Crippen molar-refractivity contribution in [2.24, 2.45) is 0 Å². The number of rotatable bonds is 5. The van der Waals surface area contributed by atoms with Crippen molar-refractivity contribution in [2.45, 2.75) is 13.8 Å². The number of carbonyl (C=O) groups is 1. The molecule has 1 N–H and O–H groups in total. The fraction of sp³-hybridized carbons (Fsp3) is 0.143. The first-order chi connectivity index (χ1) is 14.4. The van der Waals surface area contributed by atoms with Crippen molar-refractivity contribution >= 4 is 16.9 Å². The fourth-order valence-electron chi connectivity index (χ4n) is 2.88. The number of nitrogens with zero attached hydrogens (tertiary/aromatic N) is 4. The van der Waals surface area contributed by atoms with Crippen molar-refractivity contribution in [2.75, 3.05) is 12.0 Å². The van der Waals surface area contributed by atoms with Crippen LogP contribution in [0, 0.1) is 19.7 Å². The van der Waals surface area contributed by atoms with Gasteiger partial charge in [-0.05, 0) is 61.4 Å². The summed E-state index contributed by atoms with van der Waals surface area (Å²) in [5.41, 5.74) is 5.37. The number of halogens is 1. The molecule has 2 heterocycles. The summed E-state index contributed by atoms with van der Waals surface area (Å²) in [5, 5.41) is 4.53. The second kappa shape index (κ2) is 7.78. The zero-order valence-electron chi connectivity index (χ0n) is 16.3. The molecule has 0 aliphatic carbocycles. The third-order valence-corrected chi connectivity index (χ3v) is 4.65. The first kappa shape index (κ1) is 19.3. The molecule has 0 saturated heterocycles. The van der Waals surface area contributed by atoms with Crippen molar-refractivity contribution in [3.05, 3.63) is 82.3 Å². The lowest BCUT2D eigenvalue weighted by Crippen LogP contribution is -2.35. The minimum atomic E-state index is -0.566. The Kier molecular flexibility index (Phi) is 5.01. The van der Waals surface area contributed by atoms with Gasteiger partial charge in [0.05, 0.1) is 11.9 Å². The third-order valence-electron chi connectivity index (χ3n) is 4.65. The van der Waals surface area contributed by atoms with Crippen molar-refractivity contribution in [1.29, 1.82) is 0 Å². The topological polar surface area (TPSA) is 91.0 Å². The number of benzene rings is 2. The Hall–Kier alpha value is -4.01. The predicted octanol–water partition coefficient (Wildman–Crippen LogP) is 2.49. The van der Waals surface area contributed by atoms with Crippen LogP contribution in [0.4, 0.5) is 4.39 Å². The van der Waals surface area contributed by atoms with E-state index in [-0.39, 0.29) is 12.0 Å². The number of carbonyl (C=O) groups excluding carboxylic acids is 1. The van der Waals surface area contributed by atoms with Crippen LogP contribution < -0.4 is 15.7 Å². The molecular formula is C21H18FN5O3. The SMILES string of the molecule is Cc1ccc(-n2ncc3c(=O)n(NC(=O)COc4ccc(F)cc4)cnc32)cc1C. The summed E-state index contributed by atoms with van der Waals surface area (Å²) in [7, 11) is 0. The second-order valence-electron chi connectivity index (χ2n) is 6.76. The molecule has 0 saturated carbocycles. The first-order valence-electron chi connectivity index (χ1n) is 9.13. The Bertz CT molecular complexity index is 1290. The Morgan fingerprint density at radius 2 is 1.90 bits per heavy atom. The van der Waals surface area contributed by atoms with Gasteiger partial charge in [0.2, 0.25) is 0 Å². The van der Waals surface area contributed by atoms with Gasteiger partial charge in [-0.15, -0.1) is 0 Å². The van der Waals surface area contributed by atoms with E-state index in [1.165, 1.54) is 36.8 Å². The summed E-state index contributed by atoms with van der Waals surface area (Å²) in [6.07, 6.45) is 2.64. The van der Waals surface area contributed by atoms with Crippen LogP contribution in [0.3, 0.4) is 0 Å². The molecule has 0 aliphatic rings. The molecule has 0 atom stereocenters. The van der Waals surface area contributed by atoms with Crippen molar-refractivity contribution in [3.8, 4) is 11.4 Å². The van der Waals surface area contributed by atoms with Gasteiger partial charge >= 0.3 is 0 Å². The van der Waals surface area contributed by atoms with Crippen molar-refractivity contribution in [3.63, 3.8) is 0 Å². The second-order valence-corrected chi connectivity index (χ2v) is 6.76. The molecule has 0 spiro atoms. The zero-order chi connectivity index (χ0) is 21.3. The summed E-state index contributed by atoms with van der Waals surface area (Å²) in [6, 6.07) is 11.1. The number of amides is 1. The number of ether oxygens (including phenoxy) is 1. The summed E-state index contributed by atoms with van der Waals surface area (Å²) in [4.78, 5) is 29.1. The van der Waals surface area contributed by atoms with Crippen molar-refractivity contribution < 1.29 is 13.9 Å². The number of aromatic nitrogens is 4. The van der Waals surface area contributed by atoms with E-state index in [1.807, 2.05) is 32.0 Å². The predicted molar refractivity (Wildman–Crippen MR) is 109 cm³/mol. The van der Waals surface area contributed by atoms with Gasteiger partial charge in [0, 0.05) is 0 Å². The highest BCUT2D eigenvalue weighted by Gasteiger charge is 2.13. The van der Waals surface area contributed by atoms with Gasteiger partial charge in [-0.1, -0.05) is 6.07 Å². The molecule has 4 rings (SSSR count). The van der Waals surface area contributed by atoms with Gasteiger partial charge in [-0.2, -0.15) is 5.10 Å². The Morgan fingerprint density at radius 1 is 1.13 bits per heavy atom. The molecule has 8 nitrogen and oxygen atoms in total. The van der Waals surface area contributed by atoms with E-state index in [0.717, 1.165) is 21.5 Å². The third kappa shape index (κ3) is 3.77. The molecule has 4 aromatic rings. The van der Waals surface area contributed by atoms with Gasteiger partial charge in [0.25, 0.3) is 11.5 Å². The lowest BCUT2D eigenvalue weighted by atomic mass is 10.1. The van der Waals surface area contributed by atoms with Crippen LogP contribution in [-0.2, 0) is 4.79 Å². The quantitative estimate of drug-likeness (QED) is 0.549. The number of aryl methyl sites for hydroxylation is 2. The molecule has 0 aliphatic heterocycles. The smallest absolute Gasteiger partial charge is 0.283 e. The highest BCUT2D eigenvalue weighted by molar-refractivity contribution is 5.85. The molecule has 2 aromatic carbocycles. The van der Waals surface area contributed by atoms with E-state index in [4.69, 9.17) is 4.74 Å². The Labute approximate surface area is 170 Å². The fourth-order valence-corrected chi connectivity index (χ4v) is 2.88. The molecule has 0 bridgehead atoms. The maximum Gasteiger partial charge on any atom is 0.283 e. The van der Waals surface area contributed by atoms with Gasteiger partial charge in [-0.25, -0.2) is 18.7 Å². The van der Waals surface area contributed by atoms with E-state index in [1.54, 1.807) is 4.68 Å². The highest BCUT2D eigenvalue weighted by Crippen LogP contribution is 2.17. The van der Waals surface area contributed by atoms with E-state index in [2.05, 4.69) is 15.5 Å². The maximum absolute atomic E-state index is 12.9. The Balaban J connectivity index is 1.53. The van der Waals surface area contributed by atoms with Crippen LogP contribution >= 0.6 is 0 Å². The minimum Gasteiger partial charge on any atom is -0.484 e. The number of hydrogen-bond donors (Lipinski definition) is 1. The van der Waals surface area contributed by atoms with E-state index in [0.29, 0.717) is 11.4 Å². The Morgan fingerprint density at radius 3 is 2.63 bits per heavy atom. The minimum absolute atomic E-state index is 0.260. The molecule has 2 aromatic heterocycles. The van der Waals surface area contributed by atoms with Gasteiger partial charge < -0.3 is 4.74 Å². The van der Waals surface area contributed by atoms with Gasteiger partial charge in [0.15, 0.2) is 12.3 Å². The monoisotopic (exact) mass is 407 g/mol. The molecule has 1 amide bonds. The lowest BCUT2D eigenvalue weighted by Gasteiger charge is -2.10. The van der Waals surface area contributed by atoms with Gasteiger partial charge in [0.1, 0.15) is 23.3 Å². The highest BCUT2D eigenvalue weighted by atomic mass is 19.1. The van der Waals surface area contributed by atoms with E-state index in [9.17, 15) is 14.0 Å². The molecule has 0 radical (unpaired) electrons. The molecule has 152 valence electrons. The van der Waals surface area contributed by atoms with Crippen LogP contribution in [0.2, 0.25) is 0 Å². The number of nitrogens with one attached hydrogen (secondary N) is 1. The average Bonchev–Trinajstić information content (AvgIpc) is 3.16. The summed E-state index contributed by atoms with van der Waals surface area (Å²) in [5.74, 6) is -0.634. The van der Waals surface area contributed by atoms with Crippen LogP contribution in [0.15, 0.2) is 59.8 Å². The number of fused-ring (bicyclic) bond motifs is 1. The lowest BCUT2D eigenvalue weighted by molar-refractivity contribution is -0.119. The van der Waals surface area contributed by atoms with E-state index >= 15 is 0 Å². The first-order valence-corrected chi connectivity index (χ1v) is 9.13. The summed E-state index contributed by atoms with van der Waals surface area (Å²) >= 11 is 0. The average molecular weight is 407 g/mol. The van der Waals surface area contributed by atoms with Gasteiger partial charge in [-0.3, -0.25) is 15.0 Å². The molecule has 9 heteroatoms. The summed E-state index contributed by atoms with van der Waals surface area (Å²) in [6.45, 7) is 3.66.